The van der Waals surface area contributed by atoms with Crippen LogP contribution in [0.4, 0.5) is 0 Å². The van der Waals surface area contributed by atoms with Gasteiger partial charge in [0.25, 0.3) is 0 Å². The standard InChI is InChI=1S/C46H81N3O6/c1-3-5-7-9-11-15-35-54-44(55-36-16-12-10-8-6-4-2)18-17-42(50)52-37-27-45(25-32-48(33-26-45)30-13-14-31-49-34-29-47-40-49)28-38-53-43(51)39-46-22-19-41(20-23-46)21-24-46/h29,34,40-41,44H,3-28,30-33,35-39H2,1-2H3. The zero-order chi connectivity index (χ0) is 38.9. The predicted octanol–water partition coefficient (Wildman–Crippen LogP) is 10.8. The largest absolute Gasteiger partial charge is 0.466 e. The van der Waals surface area contributed by atoms with E-state index < -0.39 is 0 Å². The Labute approximate surface area is 335 Å². The van der Waals surface area contributed by atoms with E-state index in [9.17, 15) is 9.59 Å². The van der Waals surface area contributed by atoms with E-state index in [1.807, 2.05) is 18.7 Å². The molecule has 1 saturated heterocycles. The number of hydrogen-bond donors (Lipinski definition) is 0. The maximum atomic E-state index is 13.1. The van der Waals surface area contributed by atoms with Gasteiger partial charge in [-0.1, -0.05) is 78.1 Å². The topological polar surface area (TPSA) is 92.1 Å². The Hall–Kier alpha value is -1.97. The number of fused-ring (bicyclic) bond motifs is 3. The van der Waals surface area contributed by atoms with Crippen molar-refractivity contribution in [2.45, 2.75) is 200 Å². The fourth-order valence-corrected chi connectivity index (χ4v) is 9.37. The third kappa shape index (κ3) is 18.4. The van der Waals surface area contributed by atoms with Crippen molar-refractivity contribution >= 4 is 11.9 Å². The van der Waals surface area contributed by atoms with Gasteiger partial charge in [0.2, 0.25) is 0 Å². The summed E-state index contributed by atoms with van der Waals surface area (Å²) < 4.78 is 26.4. The summed E-state index contributed by atoms with van der Waals surface area (Å²) >= 11 is 0. The number of unbranched alkanes of at least 4 members (excludes halogenated alkanes) is 11. The third-order valence-electron chi connectivity index (χ3n) is 13.4. The number of carbonyl (C=O) groups is 2. The highest BCUT2D eigenvalue weighted by molar-refractivity contribution is 5.70. The first-order valence-corrected chi connectivity index (χ1v) is 23.2. The Morgan fingerprint density at radius 3 is 1.84 bits per heavy atom. The van der Waals surface area contributed by atoms with Crippen molar-refractivity contribution < 1.29 is 28.5 Å². The molecule has 316 valence electrons. The molecule has 0 atom stereocenters. The summed E-state index contributed by atoms with van der Waals surface area (Å²) in [5.74, 6) is 0.709. The molecule has 0 unspecified atom stereocenters. The highest BCUT2D eigenvalue weighted by Gasteiger charge is 2.42. The lowest BCUT2D eigenvalue weighted by Gasteiger charge is -2.46. The fourth-order valence-electron chi connectivity index (χ4n) is 9.37. The molecule has 4 fully saturated rings. The number of esters is 2. The summed E-state index contributed by atoms with van der Waals surface area (Å²) in [5.41, 5.74) is 0.205. The van der Waals surface area contributed by atoms with E-state index in [0.717, 1.165) is 83.5 Å². The average molecular weight is 772 g/mol. The number of rotatable bonds is 32. The molecular formula is C46H81N3O6. The van der Waals surface area contributed by atoms with E-state index in [-0.39, 0.29) is 29.1 Å². The van der Waals surface area contributed by atoms with Gasteiger partial charge in [-0.05, 0) is 126 Å². The summed E-state index contributed by atoms with van der Waals surface area (Å²) in [4.78, 5) is 32.9. The van der Waals surface area contributed by atoms with Crippen LogP contribution in [0.25, 0.3) is 0 Å². The lowest BCUT2D eigenvalue weighted by molar-refractivity contribution is -0.160. The maximum Gasteiger partial charge on any atom is 0.306 e. The molecule has 3 aliphatic carbocycles. The Morgan fingerprint density at radius 2 is 1.25 bits per heavy atom. The van der Waals surface area contributed by atoms with Crippen LogP contribution >= 0.6 is 0 Å². The smallest absolute Gasteiger partial charge is 0.306 e. The first-order chi connectivity index (χ1) is 26.9. The van der Waals surface area contributed by atoms with Gasteiger partial charge in [-0.2, -0.15) is 0 Å². The quantitative estimate of drug-likeness (QED) is 0.0406. The molecule has 0 radical (unpaired) electrons. The normalized spacial score (nSPS) is 21.0. The van der Waals surface area contributed by atoms with Crippen molar-refractivity contribution in [2.24, 2.45) is 16.7 Å². The fraction of sp³-hybridized carbons (Fsp3) is 0.891. The first kappa shape index (κ1) is 45.7. The van der Waals surface area contributed by atoms with Crippen molar-refractivity contribution in [3.05, 3.63) is 18.7 Å². The van der Waals surface area contributed by atoms with Crippen molar-refractivity contribution in [2.75, 3.05) is 46.1 Å². The zero-order valence-corrected chi connectivity index (χ0v) is 35.4. The molecule has 1 aliphatic heterocycles. The van der Waals surface area contributed by atoms with Gasteiger partial charge >= 0.3 is 11.9 Å². The second-order valence-corrected chi connectivity index (χ2v) is 17.7. The van der Waals surface area contributed by atoms with Crippen LogP contribution in [0.5, 0.6) is 0 Å². The van der Waals surface area contributed by atoms with Gasteiger partial charge in [0.05, 0.1) is 32.4 Å². The van der Waals surface area contributed by atoms with E-state index in [4.69, 9.17) is 18.9 Å². The van der Waals surface area contributed by atoms with Gasteiger partial charge in [-0.15, -0.1) is 0 Å². The first-order valence-electron chi connectivity index (χ1n) is 23.2. The minimum Gasteiger partial charge on any atom is -0.466 e. The van der Waals surface area contributed by atoms with Crippen LogP contribution < -0.4 is 0 Å². The number of carbonyl (C=O) groups excluding carboxylic acids is 2. The number of piperidine rings is 1. The molecule has 9 nitrogen and oxygen atoms in total. The third-order valence-corrected chi connectivity index (χ3v) is 13.4. The Morgan fingerprint density at radius 1 is 0.691 bits per heavy atom. The SMILES string of the molecule is CCCCCCCCOC(CCC(=O)OCCC1(CCOC(=O)CC23CCC(CC2)CC3)CCN(CCCCn2ccnc2)CC1)OCCCCCCCC. The molecule has 5 rings (SSSR count). The van der Waals surface area contributed by atoms with E-state index >= 15 is 0 Å². The van der Waals surface area contributed by atoms with Crippen LogP contribution in [-0.2, 0) is 35.1 Å². The molecule has 3 saturated carbocycles. The van der Waals surface area contributed by atoms with Crippen LogP contribution in [0, 0.1) is 16.7 Å². The summed E-state index contributed by atoms with van der Waals surface area (Å²) in [6.45, 7) is 10.9. The lowest BCUT2D eigenvalue weighted by atomic mass is 9.59. The van der Waals surface area contributed by atoms with Crippen LogP contribution in [0.3, 0.4) is 0 Å². The minimum atomic E-state index is -0.354. The van der Waals surface area contributed by atoms with Crippen LogP contribution in [0.2, 0.25) is 0 Å². The second-order valence-electron chi connectivity index (χ2n) is 17.7. The zero-order valence-electron chi connectivity index (χ0n) is 35.4. The van der Waals surface area contributed by atoms with Gasteiger partial charge in [-0.3, -0.25) is 9.59 Å². The predicted molar refractivity (Wildman–Crippen MR) is 221 cm³/mol. The van der Waals surface area contributed by atoms with E-state index in [1.165, 1.54) is 103 Å². The number of aromatic nitrogens is 2. The number of hydrogen-bond acceptors (Lipinski definition) is 8. The molecule has 9 heteroatoms. The highest BCUT2D eigenvalue weighted by atomic mass is 16.7. The van der Waals surface area contributed by atoms with Crippen molar-refractivity contribution in [1.82, 2.24) is 14.5 Å². The van der Waals surface area contributed by atoms with Crippen molar-refractivity contribution in [3.8, 4) is 0 Å². The molecule has 2 bridgehead atoms. The minimum absolute atomic E-state index is 0.00997. The molecule has 1 aromatic rings. The molecule has 0 amide bonds. The summed E-state index contributed by atoms with van der Waals surface area (Å²) in [6.07, 6.45) is 34.9. The summed E-state index contributed by atoms with van der Waals surface area (Å²) in [6, 6.07) is 0. The van der Waals surface area contributed by atoms with E-state index in [2.05, 4.69) is 28.3 Å². The maximum absolute atomic E-state index is 13.1. The number of likely N-dealkylation sites (tertiary alicyclic amines) is 1. The average Bonchev–Trinajstić information content (AvgIpc) is 3.72. The number of imidazole rings is 1. The number of ether oxygens (including phenoxy) is 4. The van der Waals surface area contributed by atoms with Crippen molar-refractivity contribution in [3.63, 3.8) is 0 Å². The van der Waals surface area contributed by atoms with E-state index in [1.54, 1.807) is 0 Å². The monoisotopic (exact) mass is 772 g/mol. The molecule has 0 aromatic carbocycles. The molecule has 0 N–H and O–H groups in total. The second kappa shape index (κ2) is 26.9. The van der Waals surface area contributed by atoms with Crippen LogP contribution in [0.15, 0.2) is 18.7 Å². The molecule has 4 aliphatic rings. The molecule has 2 heterocycles. The highest BCUT2D eigenvalue weighted by Crippen LogP contribution is 2.52. The Kier molecular flexibility index (Phi) is 22.3. The molecule has 55 heavy (non-hydrogen) atoms. The van der Waals surface area contributed by atoms with Crippen LogP contribution in [-0.4, -0.2) is 78.7 Å². The van der Waals surface area contributed by atoms with Crippen LogP contribution in [0.1, 0.15) is 187 Å². The Bertz CT molecular complexity index is 1100. The lowest BCUT2D eigenvalue weighted by Crippen LogP contribution is -2.42. The van der Waals surface area contributed by atoms with Gasteiger partial charge in [-0.25, -0.2) is 4.98 Å². The van der Waals surface area contributed by atoms with E-state index in [0.29, 0.717) is 45.7 Å². The summed E-state index contributed by atoms with van der Waals surface area (Å²) in [7, 11) is 0. The van der Waals surface area contributed by atoms with Crippen molar-refractivity contribution in [1.29, 1.82) is 0 Å². The molecule has 0 spiro atoms. The summed E-state index contributed by atoms with van der Waals surface area (Å²) in [5, 5.41) is 0. The van der Waals surface area contributed by atoms with Gasteiger partial charge < -0.3 is 28.4 Å². The molecular weight excluding hydrogens is 691 g/mol. The number of aryl methyl sites for hydroxylation is 1. The van der Waals surface area contributed by atoms with Gasteiger partial charge in [0.15, 0.2) is 6.29 Å². The Balaban J connectivity index is 1.20. The van der Waals surface area contributed by atoms with Gasteiger partial charge in [0.1, 0.15) is 0 Å². The molecule has 1 aromatic heterocycles. The van der Waals surface area contributed by atoms with Gasteiger partial charge in [0, 0.05) is 38.6 Å². The number of nitrogens with zero attached hydrogens (tertiary/aromatic N) is 3.